The highest BCUT2D eigenvalue weighted by Gasteiger charge is 2.20. The first-order chi connectivity index (χ1) is 12.3. The van der Waals surface area contributed by atoms with E-state index < -0.39 is 0 Å². The number of rotatable bonds is 5. The predicted molar refractivity (Wildman–Crippen MR) is 104 cm³/mol. The van der Waals surface area contributed by atoms with Crippen LogP contribution >= 0.6 is 0 Å². The van der Waals surface area contributed by atoms with E-state index in [2.05, 4.69) is 43.2 Å². The Morgan fingerprint density at radius 2 is 1.92 bits per heavy atom. The summed E-state index contributed by atoms with van der Waals surface area (Å²) < 4.78 is 5.83. The second-order valence-electron chi connectivity index (χ2n) is 8.14. The summed E-state index contributed by atoms with van der Waals surface area (Å²) in [6.07, 6.45) is 6.65. The van der Waals surface area contributed by atoms with Gasteiger partial charge in [-0.25, -0.2) is 0 Å². The minimum absolute atomic E-state index is 0.0598. The Morgan fingerprint density at radius 3 is 2.62 bits per heavy atom. The molecular formula is C22H28N2O2. The molecule has 2 aromatic rings. The van der Waals surface area contributed by atoms with Gasteiger partial charge in [0.05, 0.1) is 11.6 Å². The van der Waals surface area contributed by atoms with E-state index in [1.54, 1.807) is 6.20 Å². The standard InChI is InChI=1S/C22H28N2O2/c1-15(14-26-18-10-8-17(9-11-18)22(2,3)4)24-21(25)20-13-23-12-16-6-5-7-19(16)20/h8-13,15H,5-7,14H2,1-4H3,(H,24,25). The van der Waals surface area contributed by atoms with Gasteiger partial charge in [-0.05, 0) is 60.4 Å². The van der Waals surface area contributed by atoms with Gasteiger partial charge in [0.2, 0.25) is 0 Å². The van der Waals surface area contributed by atoms with Crippen molar-refractivity contribution in [2.75, 3.05) is 6.61 Å². The van der Waals surface area contributed by atoms with Crippen LogP contribution in [0.1, 0.15) is 61.2 Å². The zero-order chi connectivity index (χ0) is 18.7. The molecule has 0 aliphatic heterocycles. The molecule has 0 fully saturated rings. The molecule has 4 heteroatoms. The Bertz CT molecular complexity index is 776. The fourth-order valence-corrected chi connectivity index (χ4v) is 3.31. The van der Waals surface area contributed by atoms with Gasteiger partial charge >= 0.3 is 0 Å². The van der Waals surface area contributed by atoms with Crippen molar-refractivity contribution in [2.45, 2.75) is 58.4 Å². The number of ether oxygens (including phenoxy) is 1. The Labute approximate surface area is 156 Å². The number of pyridine rings is 1. The van der Waals surface area contributed by atoms with Gasteiger partial charge in [0.25, 0.3) is 5.91 Å². The number of aromatic nitrogens is 1. The van der Waals surface area contributed by atoms with E-state index in [9.17, 15) is 4.79 Å². The lowest BCUT2D eigenvalue weighted by Gasteiger charge is -2.20. The molecule has 3 rings (SSSR count). The van der Waals surface area contributed by atoms with Gasteiger partial charge in [-0.1, -0.05) is 32.9 Å². The van der Waals surface area contributed by atoms with Crippen molar-refractivity contribution >= 4 is 5.91 Å². The van der Waals surface area contributed by atoms with Crippen molar-refractivity contribution < 1.29 is 9.53 Å². The van der Waals surface area contributed by atoms with Crippen molar-refractivity contribution in [1.29, 1.82) is 0 Å². The molecule has 1 N–H and O–H groups in total. The minimum atomic E-state index is -0.0814. The van der Waals surface area contributed by atoms with Gasteiger partial charge in [0, 0.05) is 12.4 Å². The van der Waals surface area contributed by atoms with Crippen LogP contribution in [-0.4, -0.2) is 23.5 Å². The van der Waals surface area contributed by atoms with Crippen LogP contribution in [0.2, 0.25) is 0 Å². The van der Waals surface area contributed by atoms with E-state index in [-0.39, 0.29) is 17.4 Å². The van der Waals surface area contributed by atoms with Crippen LogP contribution in [0, 0.1) is 0 Å². The normalized spacial score (nSPS) is 14.6. The smallest absolute Gasteiger partial charge is 0.253 e. The van der Waals surface area contributed by atoms with Gasteiger partial charge in [0.15, 0.2) is 0 Å². The van der Waals surface area contributed by atoms with Gasteiger partial charge in [-0.2, -0.15) is 0 Å². The zero-order valence-corrected chi connectivity index (χ0v) is 16.1. The van der Waals surface area contributed by atoms with E-state index >= 15 is 0 Å². The summed E-state index contributed by atoms with van der Waals surface area (Å²) in [5.41, 5.74) is 4.48. The Morgan fingerprint density at radius 1 is 1.19 bits per heavy atom. The second kappa shape index (κ2) is 7.48. The Hall–Kier alpha value is -2.36. The SMILES string of the molecule is CC(COc1ccc(C(C)(C)C)cc1)NC(=O)c1cncc2c1CCC2. The minimum Gasteiger partial charge on any atom is -0.491 e. The van der Waals surface area contributed by atoms with E-state index in [0.717, 1.165) is 30.6 Å². The Balaban J connectivity index is 1.55. The highest BCUT2D eigenvalue weighted by molar-refractivity contribution is 5.96. The Kier molecular flexibility index (Phi) is 5.30. The van der Waals surface area contributed by atoms with Crippen LogP contribution in [0.4, 0.5) is 0 Å². The first-order valence-corrected chi connectivity index (χ1v) is 9.34. The van der Waals surface area contributed by atoms with E-state index in [1.807, 2.05) is 25.3 Å². The number of hydrogen-bond donors (Lipinski definition) is 1. The molecule has 1 aromatic carbocycles. The topological polar surface area (TPSA) is 51.2 Å². The maximum atomic E-state index is 12.6. The predicted octanol–water partition coefficient (Wildman–Crippen LogP) is 4.07. The third-order valence-corrected chi connectivity index (χ3v) is 4.86. The number of carbonyl (C=O) groups is 1. The number of nitrogens with zero attached hydrogens (tertiary/aromatic N) is 1. The number of aryl methyl sites for hydroxylation is 1. The molecule has 1 unspecified atom stereocenters. The fourth-order valence-electron chi connectivity index (χ4n) is 3.31. The molecule has 1 heterocycles. The molecule has 0 bridgehead atoms. The molecule has 0 spiro atoms. The number of carbonyl (C=O) groups excluding carboxylic acids is 1. The maximum absolute atomic E-state index is 12.6. The quantitative estimate of drug-likeness (QED) is 0.883. The summed E-state index contributed by atoms with van der Waals surface area (Å²) in [7, 11) is 0. The number of hydrogen-bond acceptors (Lipinski definition) is 3. The van der Waals surface area contributed by atoms with Gasteiger partial charge < -0.3 is 10.1 Å². The average Bonchev–Trinajstić information content (AvgIpc) is 3.08. The zero-order valence-electron chi connectivity index (χ0n) is 16.1. The molecule has 138 valence electrons. The van der Waals surface area contributed by atoms with Crippen molar-refractivity contribution in [3.05, 3.63) is 58.9 Å². The maximum Gasteiger partial charge on any atom is 0.253 e. The first kappa shape index (κ1) is 18.4. The molecule has 1 aliphatic carbocycles. The van der Waals surface area contributed by atoms with Crippen molar-refractivity contribution in [3.63, 3.8) is 0 Å². The summed E-state index contributed by atoms with van der Waals surface area (Å²) >= 11 is 0. The molecule has 1 amide bonds. The lowest BCUT2D eigenvalue weighted by Crippen LogP contribution is -2.37. The summed E-state index contributed by atoms with van der Waals surface area (Å²) in [6, 6.07) is 8.09. The number of fused-ring (bicyclic) bond motifs is 1. The van der Waals surface area contributed by atoms with Crippen molar-refractivity contribution in [2.24, 2.45) is 0 Å². The molecule has 1 atom stereocenters. The highest BCUT2D eigenvalue weighted by Crippen LogP contribution is 2.25. The average molecular weight is 352 g/mol. The largest absolute Gasteiger partial charge is 0.491 e. The molecule has 1 aromatic heterocycles. The van der Waals surface area contributed by atoms with E-state index in [1.165, 1.54) is 11.1 Å². The van der Waals surface area contributed by atoms with Crippen molar-refractivity contribution in [1.82, 2.24) is 10.3 Å². The summed E-state index contributed by atoms with van der Waals surface area (Å²) in [5.74, 6) is 0.761. The number of amides is 1. The third kappa shape index (κ3) is 4.24. The van der Waals surface area contributed by atoms with Gasteiger partial charge in [-0.3, -0.25) is 9.78 Å². The summed E-state index contributed by atoms with van der Waals surface area (Å²) in [5, 5.41) is 3.03. The fraction of sp³-hybridized carbons (Fsp3) is 0.455. The van der Waals surface area contributed by atoms with Crippen molar-refractivity contribution in [3.8, 4) is 5.75 Å². The molecule has 4 nitrogen and oxygen atoms in total. The van der Waals surface area contributed by atoms with Crippen LogP contribution in [0.5, 0.6) is 5.75 Å². The molecule has 0 saturated carbocycles. The lowest BCUT2D eigenvalue weighted by molar-refractivity contribution is 0.0925. The third-order valence-electron chi connectivity index (χ3n) is 4.86. The molecule has 0 saturated heterocycles. The van der Waals surface area contributed by atoms with Crippen LogP contribution in [0.3, 0.4) is 0 Å². The molecule has 26 heavy (non-hydrogen) atoms. The van der Waals surface area contributed by atoms with Gasteiger partial charge in [-0.15, -0.1) is 0 Å². The summed E-state index contributed by atoms with van der Waals surface area (Å²) in [4.78, 5) is 16.8. The summed E-state index contributed by atoms with van der Waals surface area (Å²) in [6.45, 7) is 8.96. The highest BCUT2D eigenvalue weighted by atomic mass is 16.5. The molecule has 1 aliphatic rings. The molecule has 0 radical (unpaired) electrons. The molecular weight excluding hydrogens is 324 g/mol. The second-order valence-corrected chi connectivity index (χ2v) is 8.14. The first-order valence-electron chi connectivity index (χ1n) is 9.34. The van der Waals surface area contributed by atoms with Crippen LogP contribution in [-0.2, 0) is 18.3 Å². The van der Waals surface area contributed by atoms with E-state index in [4.69, 9.17) is 4.74 Å². The number of nitrogens with one attached hydrogen (secondary N) is 1. The van der Waals surface area contributed by atoms with Crippen LogP contribution in [0.15, 0.2) is 36.7 Å². The van der Waals surface area contributed by atoms with Crippen LogP contribution < -0.4 is 10.1 Å². The number of benzene rings is 1. The van der Waals surface area contributed by atoms with Crippen LogP contribution in [0.25, 0.3) is 0 Å². The monoisotopic (exact) mass is 352 g/mol. The van der Waals surface area contributed by atoms with Gasteiger partial charge in [0.1, 0.15) is 12.4 Å². The van der Waals surface area contributed by atoms with E-state index in [0.29, 0.717) is 12.2 Å². The lowest BCUT2D eigenvalue weighted by atomic mass is 9.87.